The van der Waals surface area contributed by atoms with E-state index in [0.717, 1.165) is 12.1 Å². The predicted molar refractivity (Wildman–Crippen MR) is 55.1 cm³/mol. The Morgan fingerprint density at radius 1 is 1.47 bits per heavy atom. The normalized spacial score (nSPS) is 11.2. The summed E-state index contributed by atoms with van der Waals surface area (Å²) in [7, 11) is 0. The van der Waals surface area contributed by atoms with Crippen LogP contribution >= 0.6 is 0 Å². The largest absolute Gasteiger partial charge is 0.334 e. The van der Waals surface area contributed by atoms with E-state index in [0.29, 0.717) is 17.6 Å². The van der Waals surface area contributed by atoms with Crippen LogP contribution in [0.3, 0.4) is 0 Å². The van der Waals surface area contributed by atoms with Gasteiger partial charge in [0.2, 0.25) is 0 Å². The zero-order valence-electron chi connectivity index (χ0n) is 9.14. The second kappa shape index (κ2) is 3.84. The number of nitrogens with zero attached hydrogens (tertiary/aromatic N) is 4. The standard InChI is InChI=1S/C10H14N4O/c1-7(2)5-14-6-9(4-11-14)10-12-8(3)13-15-10/h4,6-7H,5H2,1-3H3. The van der Waals surface area contributed by atoms with Gasteiger partial charge in [-0.2, -0.15) is 10.1 Å². The Labute approximate surface area is 88.1 Å². The zero-order chi connectivity index (χ0) is 10.8. The van der Waals surface area contributed by atoms with Gasteiger partial charge in [0.15, 0.2) is 5.82 Å². The van der Waals surface area contributed by atoms with Crippen LogP contribution in [-0.2, 0) is 6.54 Å². The van der Waals surface area contributed by atoms with E-state index in [1.54, 1.807) is 13.1 Å². The van der Waals surface area contributed by atoms with Gasteiger partial charge in [0.05, 0.1) is 11.8 Å². The summed E-state index contributed by atoms with van der Waals surface area (Å²) in [6, 6.07) is 0. The SMILES string of the molecule is Cc1noc(-c2cnn(CC(C)C)c2)n1. The van der Waals surface area contributed by atoms with E-state index in [-0.39, 0.29) is 0 Å². The molecule has 0 amide bonds. The Balaban J connectivity index is 2.20. The van der Waals surface area contributed by atoms with Crippen LogP contribution in [0.1, 0.15) is 19.7 Å². The number of rotatable bonds is 3. The van der Waals surface area contributed by atoms with Gasteiger partial charge in [0.25, 0.3) is 5.89 Å². The van der Waals surface area contributed by atoms with Crippen molar-refractivity contribution in [2.45, 2.75) is 27.3 Å². The molecule has 0 aliphatic carbocycles. The molecule has 0 N–H and O–H groups in total. The highest BCUT2D eigenvalue weighted by molar-refractivity contribution is 5.49. The summed E-state index contributed by atoms with van der Waals surface area (Å²) in [5.74, 6) is 1.74. The average Bonchev–Trinajstić information content (AvgIpc) is 2.72. The molecule has 0 atom stereocenters. The van der Waals surface area contributed by atoms with Crippen molar-refractivity contribution in [3.05, 3.63) is 18.2 Å². The molecule has 0 aliphatic rings. The molecular formula is C10H14N4O. The third-order valence-corrected chi connectivity index (χ3v) is 1.96. The van der Waals surface area contributed by atoms with Crippen LogP contribution < -0.4 is 0 Å². The lowest BCUT2D eigenvalue weighted by molar-refractivity contribution is 0.425. The maximum absolute atomic E-state index is 5.05. The molecule has 5 heteroatoms. The minimum Gasteiger partial charge on any atom is -0.334 e. The quantitative estimate of drug-likeness (QED) is 0.769. The molecule has 2 heterocycles. The van der Waals surface area contributed by atoms with Crippen molar-refractivity contribution in [2.24, 2.45) is 5.92 Å². The van der Waals surface area contributed by atoms with Crippen molar-refractivity contribution in [1.82, 2.24) is 19.9 Å². The summed E-state index contributed by atoms with van der Waals surface area (Å²) in [6.45, 7) is 7.00. The number of aryl methyl sites for hydroxylation is 1. The molecule has 80 valence electrons. The minimum absolute atomic E-state index is 0.530. The van der Waals surface area contributed by atoms with Gasteiger partial charge in [-0.1, -0.05) is 19.0 Å². The lowest BCUT2D eigenvalue weighted by Crippen LogP contribution is -2.03. The molecule has 2 rings (SSSR count). The molecule has 15 heavy (non-hydrogen) atoms. The van der Waals surface area contributed by atoms with Crippen molar-refractivity contribution >= 4 is 0 Å². The molecule has 0 saturated heterocycles. The fourth-order valence-electron chi connectivity index (χ4n) is 1.36. The maximum Gasteiger partial charge on any atom is 0.261 e. The van der Waals surface area contributed by atoms with Gasteiger partial charge in [0, 0.05) is 12.7 Å². The lowest BCUT2D eigenvalue weighted by Gasteiger charge is -2.02. The summed E-state index contributed by atoms with van der Waals surface area (Å²) < 4.78 is 6.94. The van der Waals surface area contributed by atoms with E-state index in [1.807, 2.05) is 10.9 Å². The molecule has 0 aromatic carbocycles. The molecule has 0 spiro atoms. The number of hydrogen-bond donors (Lipinski definition) is 0. The van der Waals surface area contributed by atoms with E-state index < -0.39 is 0 Å². The lowest BCUT2D eigenvalue weighted by atomic mass is 10.2. The Kier molecular flexibility index (Phi) is 2.53. The van der Waals surface area contributed by atoms with Crippen molar-refractivity contribution < 1.29 is 4.52 Å². The van der Waals surface area contributed by atoms with Crippen molar-refractivity contribution in [3.8, 4) is 11.5 Å². The van der Waals surface area contributed by atoms with Crippen molar-refractivity contribution in [2.75, 3.05) is 0 Å². The Bertz CT molecular complexity index is 444. The first-order chi connectivity index (χ1) is 7.15. The Morgan fingerprint density at radius 3 is 2.87 bits per heavy atom. The molecule has 5 nitrogen and oxygen atoms in total. The van der Waals surface area contributed by atoms with Crippen LogP contribution in [0.15, 0.2) is 16.9 Å². The molecule has 0 aliphatic heterocycles. The van der Waals surface area contributed by atoms with Crippen molar-refractivity contribution in [3.63, 3.8) is 0 Å². The van der Waals surface area contributed by atoms with Gasteiger partial charge >= 0.3 is 0 Å². The second-order valence-corrected chi connectivity index (χ2v) is 3.99. The third kappa shape index (κ3) is 2.23. The van der Waals surface area contributed by atoms with Gasteiger partial charge in [-0.15, -0.1) is 0 Å². The van der Waals surface area contributed by atoms with Gasteiger partial charge in [0.1, 0.15) is 0 Å². The third-order valence-electron chi connectivity index (χ3n) is 1.96. The first-order valence-corrected chi connectivity index (χ1v) is 4.98. The first-order valence-electron chi connectivity index (χ1n) is 4.98. The average molecular weight is 206 g/mol. The number of aromatic nitrogens is 4. The van der Waals surface area contributed by atoms with E-state index in [1.165, 1.54) is 0 Å². The fraction of sp³-hybridized carbons (Fsp3) is 0.500. The summed E-state index contributed by atoms with van der Waals surface area (Å²) in [4.78, 5) is 4.14. The maximum atomic E-state index is 5.05. The number of hydrogen-bond acceptors (Lipinski definition) is 4. The van der Waals surface area contributed by atoms with E-state index >= 15 is 0 Å². The highest BCUT2D eigenvalue weighted by atomic mass is 16.5. The van der Waals surface area contributed by atoms with Crippen LogP contribution in [0, 0.1) is 12.8 Å². The van der Waals surface area contributed by atoms with Crippen LogP contribution in [0.2, 0.25) is 0 Å². The molecule has 0 saturated carbocycles. The van der Waals surface area contributed by atoms with Crippen LogP contribution in [-0.4, -0.2) is 19.9 Å². The van der Waals surface area contributed by atoms with Crippen LogP contribution in [0.4, 0.5) is 0 Å². The smallest absolute Gasteiger partial charge is 0.261 e. The van der Waals surface area contributed by atoms with Crippen LogP contribution in [0.25, 0.3) is 11.5 Å². The topological polar surface area (TPSA) is 56.7 Å². The molecule has 2 aromatic heterocycles. The van der Waals surface area contributed by atoms with Crippen LogP contribution in [0.5, 0.6) is 0 Å². The van der Waals surface area contributed by atoms with Gasteiger partial charge < -0.3 is 4.52 Å². The summed E-state index contributed by atoms with van der Waals surface area (Å²) in [5.41, 5.74) is 0.872. The molecule has 0 bridgehead atoms. The van der Waals surface area contributed by atoms with Crippen molar-refractivity contribution in [1.29, 1.82) is 0 Å². The Hall–Kier alpha value is -1.65. The van der Waals surface area contributed by atoms with Gasteiger partial charge in [-0.3, -0.25) is 4.68 Å². The zero-order valence-corrected chi connectivity index (χ0v) is 9.14. The molecule has 0 fully saturated rings. The molecule has 0 unspecified atom stereocenters. The first kappa shape index (κ1) is 9.89. The minimum atomic E-state index is 0.530. The van der Waals surface area contributed by atoms with E-state index in [2.05, 4.69) is 29.1 Å². The highest BCUT2D eigenvalue weighted by Crippen LogP contribution is 2.15. The predicted octanol–water partition coefficient (Wildman–Crippen LogP) is 1.90. The monoisotopic (exact) mass is 206 g/mol. The molecule has 0 radical (unpaired) electrons. The molecular weight excluding hydrogens is 192 g/mol. The van der Waals surface area contributed by atoms with E-state index in [4.69, 9.17) is 4.52 Å². The molecule has 2 aromatic rings. The summed E-state index contributed by atoms with van der Waals surface area (Å²) >= 11 is 0. The van der Waals surface area contributed by atoms with E-state index in [9.17, 15) is 0 Å². The summed E-state index contributed by atoms with van der Waals surface area (Å²) in [5, 5.41) is 7.97. The summed E-state index contributed by atoms with van der Waals surface area (Å²) in [6.07, 6.45) is 3.67. The van der Waals surface area contributed by atoms with Gasteiger partial charge in [-0.25, -0.2) is 0 Å². The Morgan fingerprint density at radius 2 is 2.27 bits per heavy atom. The fourth-order valence-corrected chi connectivity index (χ4v) is 1.36. The second-order valence-electron chi connectivity index (χ2n) is 3.99. The van der Waals surface area contributed by atoms with Gasteiger partial charge in [-0.05, 0) is 12.8 Å². The highest BCUT2D eigenvalue weighted by Gasteiger charge is 2.09.